The first kappa shape index (κ1) is 8.95. The molecule has 0 heterocycles. The van der Waals surface area contributed by atoms with Crippen molar-refractivity contribution >= 4 is 6.29 Å². The SMILES string of the molecule is CC1=CC(c2ccccc2C=O)C=C1. The van der Waals surface area contributed by atoms with Gasteiger partial charge in [0.25, 0.3) is 0 Å². The maximum absolute atomic E-state index is 10.8. The summed E-state index contributed by atoms with van der Waals surface area (Å²) in [7, 11) is 0. The number of allylic oxidation sites excluding steroid dienone is 4. The summed E-state index contributed by atoms with van der Waals surface area (Å²) in [5.74, 6) is 0.274. The molecular weight excluding hydrogens is 172 g/mol. The van der Waals surface area contributed by atoms with Crippen LogP contribution in [0.3, 0.4) is 0 Å². The van der Waals surface area contributed by atoms with Crippen LogP contribution < -0.4 is 0 Å². The van der Waals surface area contributed by atoms with Crippen LogP contribution in [0.1, 0.15) is 28.8 Å². The Morgan fingerprint density at radius 2 is 2.07 bits per heavy atom. The summed E-state index contributed by atoms with van der Waals surface area (Å²) in [5, 5.41) is 0. The number of rotatable bonds is 2. The lowest BCUT2D eigenvalue weighted by Crippen LogP contribution is -1.95. The molecule has 0 saturated heterocycles. The quantitative estimate of drug-likeness (QED) is 0.645. The Kier molecular flexibility index (Phi) is 2.32. The summed E-state index contributed by atoms with van der Waals surface area (Å²) in [5.41, 5.74) is 3.14. The average molecular weight is 184 g/mol. The molecule has 1 heteroatoms. The molecule has 1 nitrogen and oxygen atoms in total. The van der Waals surface area contributed by atoms with Gasteiger partial charge < -0.3 is 0 Å². The normalized spacial score (nSPS) is 19.5. The Labute approximate surface area is 83.8 Å². The molecule has 2 rings (SSSR count). The second-order valence-corrected chi connectivity index (χ2v) is 3.54. The van der Waals surface area contributed by atoms with E-state index in [9.17, 15) is 4.79 Å². The lowest BCUT2D eigenvalue weighted by Gasteiger charge is -2.07. The summed E-state index contributed by atoms with van der Waals surface area (Å²) in [6.45, 7) is 2.07. The summed E-state index contributed by atoms with van der Waals surface area (Å²) < 4.78 is 0. The van der Waals surface area contributed by atoms with Gasteiger partial charge in [-0.2, -0.15) is 0 Å². The molecule has 1 aromatic carbocycles. The Morgan fingerprint density at radius 1 is 1.29 bits per heavy atom. The van der Waals surface area contributed by atoms with Crippen LogP contribution in [0, 0.1) is 0 Å². The minimum Gasteiger partial charge on any atom is -0.298 e. The smallest absolute Gasteiger partial charge is 0.150 e. The van der Waals surface area contributed by atoms with E-state index in [2.05, 4.69) is 25.2 Å². The van der Waals surface area contributed by atoms with E-state index in [-0.39, 0.29) is 5.92 Å². The number of aldehydes is 1. The van der Waals surface area contributed by atoms with Crippen molar-refractivity contribution in [1.82, 2.24) is 0 Å². The average Bonchev–Trinajstić information content (AvgIpc) is 2.65. The van der Waals surface area contributed by atoms with Gasteiger partial charge in [-0.05, 0) is 12.5 Å². The van der Waals surface area contributed by atoms with Crippen molar-refractivity contribution in [3.63, 3.8) is 0 Å². The third-order valence-corrected chi connectivity index (χ3v) is 2.49. The van der Waals surface area contributed by atoms with Gasteiger partial charge in [0.1, 0.15) is 6.29 Å². The van der Waals surface area contributed by atoms with Crippen LogP contribution >= 0.6 is 0 Å². The van der Waals surface area contributed by atoms with Gasteiger partial charge in [-0.1, -0.05) is 48.1 Å². The molecule has 0 spiro atoms. The summed E-state index contributed by atoms with van der Waals surface area (Å²) in [6, 6.07) is 7.73. The molecular formula is C13H12O. The van der Waals surface area contributed by atoms with Crippen molar-refractivity contribution in [2.45, 2.75) is 12.8 Å². The second kappa shape index (κ2) is 3.62. The minimum atomic E-state index is 0.274. The molecule has 0 radical (unpaired) electrons. The van der Waals surface area contributed by atoms with Crippen LogP contribution in [0.25, 0.3) is 0 Å². The first-order valence-electron chi connectivity index (χ1n) is 4.72. The molecule has 1 atom stereocenters. The van der Waals surface area contributed by atoms with E-state index in [1.54, 1.807) is 0 Å². The molecule has 70 valence electrons. The highest BCUT2D eigenvalue weighted by Gasteiger charge is 2.12. The Balaban J connectivity index is 2.42. The van der Waals surface area contributed by atoms with Crippen LogP contribution in [0.2, 0.25) is 0 Å². The number of hydrogen-bond acceptors (Lipinski definition) is 1. The van der Waals surface area contributed by atoms with E-state index in [1.807, 2.05) is 24.3 Å². The lowest BCUT2D eigenvalue weighted by atomic mass is 9.96. The van der Waals surface area contributed by atoms with Gasteiger partial charge in [0.05, 0.1) is 0 Å². The van der Waals surface area contributed by atoms with E-state index in [4.69, 9.17) is 0 Å². The molecule has 0 fully saturated rings. The number of hydrogen-bond donors (Lipinski definition) is 0. The van der Waals surface area contributed by atoms with Gasteiger partial charge in [-0.25, -0.2) is 0 Å². The molecule has 1 aliphatic rings. The molecule has 0 aliphatic heterocycles. The summed E-state index contributed by atoms with van der Waals surface area (Å²) in [4.78, 5) is 10.8. The van der Waals surface area contributed by atoms with Crippen LogP contribution in [-0.4, -0.2) is 6.29 Å². The molecule has 1 aromatic rings. The molecule has 14 heavy (non-hydrogen) atoms. The second-order valence-electron chi connectivity index (χ2n) is 3.54. The van der Waals surface area contributed by atoms with E-state index in [1.165, 1.54) is 5.57 Å². The fraction of sp³-hybridized carbons (Fsp3) is 0.154. The highest BCUT2D eigenvalue weighted by molar-refractivity contribution is 5.78. The van der Waals surface area contributed by atoms with Crippen LogP contribution in [-0.2, 0) is 0 Å². The maximum atomic E-state index is 10.8. The van der Waals surface area contributed by atoms with Crippen LogP contribution in [0.5, 0.6) is 0 Å². The van der Waals surface area contributed by atoms with Gasteiger partial charge in [-0.15, -0.1) is 0 Å². The topological polar surface area (TPSA) is 17.1 Å². The molecule has 0 saturated carbocycles. The van der Waals surface area contributed by atoms with Crippen molar-refractivity contribution in [1.29, 1.82) is 0 Å². The third-order valence-electron chi connectivity index (χ3n) is 2.49. The minimum absolute atomic E-state index is 0.274. The van der Waals surface area contributed by atoms with Gasteiger partial charge in [0, 0.05) is 11.5 Å². The Morgan fingerprint density at radius 3 is 2.71 bits per heavy atom. The van der Waals surface area contributed by atoms with Gasteiger partial charge in [-0.3, -0.25) is 4.79 Å². The number of carbonyl (C=O) groups excluding carboxylic acids is 1. The first-order valence-corrected chi connectivity index (χ1v) is 4.72. The first-order chi connectivity index (χ1) is 6.81. The molecule has 0 N–H and O–H groups in total. The molecule has 0 amide bonds. The fourth-order valence-electron chi connectivity index (χ4n) is 1.77. The molecule has 1 unspecified atom stereocenters. The predicted octanol–water partition coefficient (Wildman–Crippen LogP) is 3.10. The summed E-state index contributed by atoms with van der Waals surface area (Å²) >= 11 is 0. The van der Waals surface area contributed by atoms with Gasteiger partial charge in [0.15, 0.2) is 0 Å². The van der Waals surface area contributed by atoms with E-state index >= 15 is 0 Å². The summed E-state index contributed by atoms with van der Waals surface area (Å²) in [6.07, 6.45) is 7.30. The van der Waals surface area contributed by atoms with Crippen LogP contribution in [0.15, 0.2) is 48.1 Å². The van der Waals surface area contributed by atoms with Crippen molar-refractivity contribution in [3.8, 4) is 0 Å². The zero-order valence-corrected chi connectivity index (χ0v) is 8.10. The van der Waals surface area contributed by atoms with E-state index in [0.717, 1.165) is 17.4 Å². The van der Waals surface area contributed by atoms with Crippen LogP contribution in [0.4, 0.5) is 0 Å². The lowest BCUT2D eigenvalue weighted by molar-refractivity contribution is 0.112. The van der Waals surface area contributed by atoms with Gasteiger partial charge >= 0.3 is 0 Å². The molecule has 0 bridgehead atoms. The standard InChI is InChI=1S/C13H12O/c1-10-6-7-11(8-10)13-5-3-2-4-12(13)9-14/h2-9,11H,1H3. The molecule has 1 aliphatic carbocycles. The third kappa shape index (κ3) is 1.53. The maximum Gasteiger partial charge on any atom is 0.150 e. The largest absolute Gasteiger partial charge is 0.298 e. The van der Waals surface area contributed by atoms with Crippen molar-refractivity contribution in [2.75, 3.05) is 0 Å². The number of carbonyl (C=O) groups is 1. The zero-order valence-electron chi connectivity index (χ0n) is 8.10. The van der Waals surface area contributed by atoms with Crippen molar-refractivity contribution in [2.24, 2.45) is 0 Å². The zero-order chi connectivity index (χ0) is 9.97. The van der Waals surface area contributed by atoms with Crippen molar-refractivity contribution in [3.05, 3.63) is 59.2 Å². The van der Waals surface area contributed by atoms with E-state index < -0.39 is 0 Å². The Hall–Kier alpha value is -1.63. The van der Waals surface area contributed by atoms with Crippen molar-refractivity contribution < 1.29 is 4.79 Å². The predicted molar refractivity (Wildman–Crippen MR) is 57.5 cm³/mol. The van der Waals surface area contributed by atoms with E-state index in [0.29, 0.717) is 0 Å². The highest BCUT2D eigenvalue weighted by Crippen LogP contribution is 2.27. The fourth-order valence-corrected chi connectivity index (χ4v) is 1.77. The highest BCUT2D eigenvalue weighted by atomic mass is 16.1. The van der Waals surface area contributed by atoms with Gasteiger partial charge in [0.2, 0.25) is 0 Å². The molecule has 0 aromatic heterocycles. The Bertz CT molecular complexity index is 413. The monoisotopic (exact) mass is 184 g/mol. The number of benzene rings is 1.